The fourth-order valence-corrected chi connectivity index (χ4v) is 2.38. The van der Waals surface area contributed by atoms with Crippen molar-refractivity contribution in [1.29, 1.82) is 0 Å². The molecule has 0 aliphatic heterocycles. The average molecular weight is 312 g/mol. The number of nitrogens with one attached hydrogen (secondary N) is 1. The number of aliphatic hydroxyl groups excluding tert-OH is 1. The molecule has 7 heteroatoms. The summed E-state index contributed by atoms with van der Waals surface area (Å²) in [7, 11) is 0. The van der Waals surface area contributed by atoms with Crippen LogP contribution in [0.15, 0.2) is 28.8 Å². The van der Waals surface area contributed by atoms with Gasteiger partial charge in [-0.25, -0.2) is 4.98 Å². The fraction of sp³-hybridized carbons (Fsp3) is 0.250. The normalized spacial score (nSPS) is 10.9. The van der Waals surface area contributed by atoms with E-state index in [2.05, 4.69) is 20.4 Å². The second kappa shape index (κ2) is 6.13. The number of aryl methyl sites for hydroxylation is 2. The summed E-state index contributed by atoms with van der Waals surface area (Å²) >= 11 is 0. The van der Waals surface area contributed by atoms with Crippen LogP contribution in [0.5, 0.6) is 0 Å². The van der Waals surface area contributed by atoms with E-state index >= 15 is 0 Å². The standard InChI is InChI=1S/C16H16N4O3/c1-9-6-13(14-10(2)20-23-16(14)18-9)15(22)17-7-11-4-3-5-12(8-21)19-11/h3-6,21H,7-8H2,1-2H3,(H,17,22). The first-order valence-corrected chi connectivity index (χ1v) is 7.16. The van der Waals surface area contributed by atoms with Crippen molar-refractivity contribution in [3.63, 3.8) is 0 Å². The monoisotopic (exact) mass is 312 g/mol. The van der Waals surface area contributed by atoms with Gasteiger partial charge in [-0.1, -0.05) is 11.2 Å². The van der Waals surface area contributed by atoms with Gasteiger partial charge in [-0.15, -0.1) is 0 Å². The third kappa shape index (κ3) is 3.04. The van der Waals surface area contributed by atoms with Gasteiger partial charge in [0.15, 0.2) is 0 Å². The van der Waals surface area contributed by atoms with Gasteiger partial charge in [-0.05, 0) is 32.0 Å². The number of aromatic nitrogens is 3. The van der Waals surface area contributed by atoms with E-state index < -0.39 is 0 Å². The number of pyridine rings is 2. The average Bonchev–Trinajstić information content (AvgIpc) is 2.93. The Morgan fingerprint density at radius 1 is 1.26 bits per heavy atom. The summed E-state index contributed by atoms with van der Waals surface area (Å²) < 4.78 is 5.13. The van der Waals surface area contributed by atoms with Crippen molar-refractivity contribution in [3.05, 3.63) is 52.6 Å². The first kappa shape index (κ1) is 15.1. The van der Waals surface area contributed by atoms with Crippen LogP contribution in [-0.4, -0.2) is 26.1 Å². The topological polar surface area (TPSA) is 101 Å². The molecular weight excluding hydrogens is 296 g/mol. The second-order valence-corrected chi connectivity index (χ2v) is 5.22. The lowest BCUT2D eigenvalue weighted by atomic mass is 10.1. The number of amides is 1. The van der Waals surface area contributed by atoms with Gasteiger partial charge < -0.3 is 14.9 Å². The van der Waals surface area contributed by atoms with E-state index in [9.17, 15) is 4.79 Å². The van der Waals surface area contributed by atoms with Gasteiger partial charge in [0, 0.05) is 5.69 Å². The highest BCUT2D eigenvalue weighted by atomic mass is 16.5. The van der Waals surface area contributed by atoms with Gasteiger partial charge >= 0.3 is 0 Å². The number of carbonyl (C=O) groups is 1. The minimum absolute atomic E-state index is 0.133. The third-order valence-electron chi connectivity index (χ3n) is 3.45. The number of rotatable bonds is 4. The van der Waals surface area contributed by atoms with E-state index in [1.165, 1.54) is 0 Å². The Hall–Kier alpha value is -2.80. The molecule has 3 rings (SSSR count). The van der Waals surface area contributed by atoms with Crippen molar-refractivity contribution < 1.29 is 14.4 Å². The smallest absolute Gasteiger partial charge is 0.258 e. The SMILES string of the molecule is Cc1cc(C(=O)NCc2cccc(CO)n2)c2c(C)noc2n1. The molecule has 2 N–H and O–H groups in total. The Morgan fingerprint density at radius 2 is 2.04 bits per heavy atom. The van der Waals surface area contributed by atoms with Crippen LogP contribution in [0.1, 0.15) is 33.1 Å². The first-order valence-electron chi connectivity index (χ1n) is 7.16. The molecule has 0 spiro atoms. The van der Waals surface area contributed by atoms with E-state index in [-0.39, 0.29) is 19.1 Å². The van der Waals surface area contributed by atoms with Crippen molar-refractivity contribution >= 4 is 17.0 Å². The van der Waals surface area contributed by atoms with Crippen LogP contribution < -0.4 is 5.32 Å². The van der Waals surface area contributed by atoms with Crippen molar-refractivity contribution in [2.45, 2.75) is 27.0 Å². The Labute approximate surface area is 132 Å². The molecule has 0 bridgehead atoms. The lowest BCUT2D eigenvalue weighted by Crippen LogP contribution is -2.24. The highest BCUT2D eigenvalue weighted by Crippen LogP contribution is 2.21. The Balaban J connectivity index is 1.84. The van der Waals surface area contributed by atoms with Crippen LogP contribution in [0.4, 0.5) is 0 Å². The fourth-order valence-electron chi connectivity index (χ4n) is 2.38. The van der Waals surface area contributed by atoms with E-state index in [1.807, 2.05) is 0 Å². The minimum Gasteiger partial charge on any atom is -0.390 e. The highest BCUT2D eigenvalue weighted by molar-refractivity contribution is 6.05. The molecule has 23 heavy (non-hydrogen) atoms. The summed E-state index contributed by atoms with van der Waals surface area (Å²) in [6.07, 6.45) is 0. The summed E-state index contributed by atoms with van der Waals surface area (Å²) in [5.74, 6) is -0.247. The molecule has 0 aliphatic rings. The van der Waals surface area contributed by atoms with E-state index in [4.69, 9.17) is 9.63 Å². The molecule has 3 heterocycles. The number of carbonyl (C=O) groups excluding carboxylic acids is 1. The van der Waals surface area contributed by atoms with Crippen LogP contribution in [0.3, 0.4) is 0 Å². The molecule has 0 fully saturated rings. The molecule has 0 unspecified atom stereocenters. The van der Waals surface area contributed by atoms with Crippen molar-refractivity contribution in [2.24, 2.45) is 0 Å². The molecule has 0 saturated heterocycles. The molecule has 3 aromatic rings. The van der Waals surface area contributed by atoms with Crippen LogP contribution in [0, 0.1) is 13.8 Å². The maximum atomic E-state index is 12.5. The molecule has 0 aromatic carbocycles. The maximum Gasteiger partial charge on any atom is 0.258 e. The molecule has 0 atom stereocenters. The Bertz CT molecular complexity index is 873. The van der Waals surface area contributed by atoms with Gasteiger partial charge in [0.25, 0.3) is 11.6 Å². The molecular formula is C16H16N4O3. The van der Waals surface area contributed by atoms with Gasteiger partial charge in [-0.3, -0.25) is 9.78 Å². The predicted molar refractivity (Wildman–Crippen MR) is 82.6 cm³/mol. The summed E-state index contributed by atoms with van der Waals surface area (Å²) in [4.78, 5) is 21.0. The van der Waals surface area contributed by atoms with Crippen molar-refractivity contribution in [3.8, 4) is 0 Å². The van der Waals surface area contributed by atoms with Gasteiger partial charge in [-0.2, -0.15) is 0 Å². The summed E-state index contributed by atoms with van der Waals surface area (Å²) in [5, 5.41) is 16.4. The highest BCUT2D eigenvalue weighted by Gasteiger charge is 2.17. The molecule has 118 valence electrons. The number of nitrogens with zero attached hydrogens (tertiary/aromatic N) is 3. The summed E-state index contributed by atoms with van der Waals surface area (Å²) in [6.45, 7) is 3.69. The lowest BCUT2D eigenvalue weighted by Gasteiger charge is -2.07. The molecule has 3 aromatic heterocycles. The second-order valence-electron chi connectivity index (χ2n) is 5.22. The van der Waals surface area contributed by atoms with Gasteiger partial charge in [0.1, 0.15) is 0 Å². The zero-order chi connectivity index (χ0) is 16.4. The maximum absolute atomic E-state index is 12.5. The zero-order valence-corrected chi connectivity index (χ0v) is 12.8. The Morgan fingerprint density at radius 3 is 2.83 bits per heavy atom. The van der Waals surface area contributed by atoms with Crippen LogP contribution >= 0.6 is 0 Å². The number of hydrogen-bond acceptors (Lipinski definition) is 6. The first-order chi connectivity index (χ1) is 11.1. The van der Waals surface area contributed by atoms with Crippen molar-refractivity contribution in [2.75, 3.05) is 0 Å². The van der Waals surface area contributed by atoms with Crippen LogP contribution in [0.25, 0.3) is 11.1 Å². The lowest BCUT2D eigenvalue weighted by molar-refractivity contribution is 0.0952. The number of hydrogen-bond donors (Lipinski definition) is 2. The third-order valence-corrected chi connectivity index (χ3v) is 3.45. The van der Waals surface area contributed by atoms with Gasteiger partial charge in [0.2, 0.25) is 0 Å². The molecule has 1 amide bonds. The number of fused-ring (bicyclic) bond motifs is 1. The van der Waals surface area contributed by atoms with Gasteiger partial charge in [0.05, 0.1) is 41.2 Å². The molecule has 0 saturated carbocycles. The predicted octanol–water partition coefficient (Wildman–Crippen LogP) is 1.66. The van der Waals surface area contributed by atoms with E-state index in [1.54, 1.807) is 38.1 Å². The number of aliphatic hydroxyl groups is 1. The molecule has 7 nitrogen and oxygen atoms in total. The Kier molecular flexibility index (Phi) is 4.03. The van der Waals surface area contributed by atoms with E-state index in [0.29, 0.717) is 39.4 Å². The minimum atomic E-state index is -0.247. The van der Waals surface area contributed by atoms with Crippen molar-refractivity contribution in [1.82, 2.24) is 20.4 Å². The zero-order valence-electron chi connectivity index (χ0n) is 12.8. The van der Waals surface area contributed by atoms with Crippen LogP contribution in [-0.2, 0) is 13.2 Å². The summed E-state index contributed by atoms with van der Waals surface area (Å²) in [5.41, 5.74) is 3.37. The molecule has 0 radical (unpaired) electrons. The van der Waals surface area contributed by atoms with Crippen LogP contribution in [0.2, 0.25) is 0 Å². The van der Waals surface area contributed by atoms with E-state index in [0.717, 1.165) is 0 Å². The summed E-state index contributed by atoms with van der Waals surface area (Å²) in [6, 6.07) is 7.01. The quantitative estimate of drug-likeness (QED) is 0.759. The largest absolute Gasteiger partial charge is 0.390 e. The molecule has 0 aliphatic carbocycles.